The second kappa shape index (κ2) is 5.72. The third-order valence-electron chi connectivity index (χ3n) is 2.75. The van der Waals surface area contributed by atoms with E-state index in [4.69, 9.17) is 11.6 Å². The lowest BCUT2D eigenvalue weighted by Gasteiger charge is -2.04. The third-order valence-corrected chi connectivity index (χ3v) is 2.99. The number of aliphatic carboxylic acids is 1. The summed E-state index contributed by atoms with van der Waals surface area (Å²) in [7, 11) is 0. The quantitative estimate of drug-likeness (QED) is 0.669. The van der Waals surface area contributed by atoms with Gasteiger partial charge in [0.25, 0.3) is 0 Å². The summed E-state index contributed by atoms with van der Waals surface area (Å²) in [6.07, 6.45) is 1.65. The summed E-state index contributed by atoms with van der Waals surface area (Å²) in [6.45, 7) is 1.99. The first-order valence-corrected chi connectivity index (χ1v) is 6.21. The molecule has 19 heavy (non-hydrogen) atoms. The lowest BCUT2D eigenvalue weighted by atomic mass is 10.0. The fourth-order valence-corrected chi connectivity index (χ4v) is 1.94. The number of hydrogen-bond donors (Lipinski definition) is 1. The highest BCUT2D eigenvalue weighted by molar-refractivity contribution is 6.31. The molecule has 0 saturated carbocycles. The summed E-state index contributed by atoms with van der Waals surface area (Å²) < 4.78 is 0. The first-order valence-electron chi connectivity index (χ1n) is 5.84. The van der Waals surface area contributed by atoms with Crippen LogP contribution in [0, 0.1) is 6.92 Å². The normalized spacial score (nSPS) is 11.4. The van der Waals surface area contributed by atoms with E-state index >= 15 is 0 Å². The second-order valence-electron chi connectivity index (χ2n) is 4.28. The Labute approximate surface area is 117 Å². The Morgan fingerprint density at radius 3 is 2.42 bits per heavy atom. The van der Waals surface area contributed by atoms with Crippen molar-refractivity contribution in [2.24, 2.45) is 0 Å². The molecule has 0 radical (unpaired) electrons. The maximum Gasteiger partial charge on any atom is 0.336 e. The SMILES string of the molecule is Cc1ccc(/C=C(/C(=O)O)c2cccc(Cl)c2)cc1. The van der Waals surface area contributed by atoms with E-state index < -0.39 is 5.97 Å². The van der Waals surface area contributed by atoms with Crippen LogP contribution in [0.25, 0.3) is 11.6 Å². The van der Waals surface area contributed by atoms with Crippen molar-refractivity contribution in [2.45, 2.75) is 6.92 Å². The van der Waals surface area contributed by atoms with Gasteiger partial charge in [-0.3, -0.25) is 0 Å². The summed E-state index contributed by atoms with van der Waals surface area (Å²) in [6, 6.07) is 14.5. The molecule has 2 aromatic rings. The Kier molecular flexibility index (Phi) is 4.03. The minimum absolute atomic E-state index is 0.228. The number of benzene rings is 2. The first-order chi connectivity index (χ1) is 9.06. The van der Waals surface area contributed by atoms with Crippen molar-refractivity contribution in [2.75, 3.05) is 0 Å². The fraction of sp³-hybridized carbons (Fsp3) is 0.0625. The van der Waals surface area contributed by atoms with Crippen molar-refractivity contribution in [3.63, 3.8) is 0 Å². The average molecular weight is 273 g/mol. The van der Waals surface area contributed by atoms with Gasteiger partial charge in [-0.15, -0.1) is 0 Å². The summed E-state index contributed by atoms with van der Waals surface area (Å²) in [5, 5.41) is 9.84. The first kappa shape index (κ1) is 13.4. The number of aryl methyl sites for hydroxylation is 1. The fourth-order valence-electron chi connectivity index (χ4n) is 1.75. The van der Waals surface area contributed by atoms with Gasteiger partial charge in [-0.05, 0) is 36.3 Å². The molecule has 2 nitrogen and oxygen atoms in total. The molecule has 0 amide bonds. The molecule has 0 aromatic heterocycles. The Hall–Kier alpha value is -2.06. The number of carboxylic acid groups (broad SMARTS) is 1. The molecule has 0 fully saturated rings. The molecule has 0 bridgehead atoms. The number of halogens is 1. The summed E-state index contributed by atoms with van der Waals surface area (Å²) in [5.41, 5.74) is 2.81. The molecule has 0 heterocycles. The number of hydrogen-bond acceptors (Lipinski definition) is 1. The van der Waals surface area contributed by atoms with Crippen molar-refractivity contribution >= 4 is 29.2 Å². The van der Waals surface area contributed by atoms with E-state index in [1.165, 1.54) is 0 Å². The van der Waals surface area contributed by atoms with Crippen LogP contribution in [0.5, 0.6) is 0 Å². The van der Waals surface area contributed by atoms with Gasteiger partial charge in [0.05, 0.1) is 5.57 Å². The topological polar surface area (TPSA) is 37.3 Å². The van der Waals surface area contributed by atoms with Crippen LogP contribution in [0.15, 0.2) is 48.5 Å². The monoisotopic (exact) mass is 272 g/mol. The van der Waals surface area contributed by atoms with Gasteiger partial charge in [-0.1, -0.05) is 53.6 Å². The highest BCUT2D eigenvalue weighted by atomic mass is 35.5. The van der Waals surface area contributed by atoms with E-state index in [-0.39, 0.29) is 5.57 Å². The van der Waals surface area contributed by atoms with E-state index in [0.717, 1.165) is 11.1 Å². The summed E-state index contributed by atoms with van der Waals surface area (Å²) in [4.78, 5) is 11.4. The highest BCUT2D eigenvalue weighted by Crippen LogP contribution is 2.22. The van der Waals surface area contributed by atoms with Crippen LogP contribution in [0.3, 0.4) is 0 Å². The average Bonchev–Trinajstić information content (AvgIpc) is 2.37. The van der Waals surface area contributed by atoms with E-state index in [0.29, 0.717) is 10.6 Å². The molecule has 0 saturated heterocycles. The Morgan fingerprint density at radius 2 is 1.84 bits per heavy atom. The van der Waals surface area contributed by atoms with Crippen LogP contribution >= 0.6 is 11.6 Å². The van der Waals surface area contributed by atoms with Crippen LogP contribution in [0.2, 0.25) is 5.02 Å². The number of carboxylic acids is 1. The molecule has 0 aliphatic carbocycles. The van der Waals surface area contributed by atoms with Gasteiger partial charge < -0.3 is 5.11 Å². The molecule has 0 unspecified atom stereocenters. The van der Waals surface area contributed by atoms with Gasteiger partial charge in [0.15, 0.2) is 0 Å². The van der Waals surface area contributed by atoms with Crippen molar-refractivity contribution in [1.82, 2.24) is 0 Å². The molecule has 0 aliphatic rings. The molecule has 0 spiro atoms. The lowest BCUT2D eigenvalue weighted by molar-refractivity contribution is -0.130. The van der Waals surface area contributed by atoms with E-state index in [1.54, 1.807) is 30.3 Å². The lowest BCUT2D eigenvalue weighted by Crippen LogP contribution is -1.99. The molecule has 2 rings (SSSR count). The zero-order valence-electron chi connectivity index (χ0n) is 10.4. The molecular weight excluding hydrogens is 260 g/mol. The van der Waals surface area contributed by atoms with Crippen molar-refractivity contribution < 1.29 is 9.90 Å². The van der Waals surface area contributed by atoms with Crippen LogP contribution in [0.1, 0.15) is 16.7 Å². The molecular formula is C16H13ClO2. The number of carbonyl (C=O) groups is 1. The summed E-state index contributed by atoms with van der Waals surface area (Å²) in [5.74, 6) is -0.970. The van der Waals surface area contributed by atoms with Crippen molar-refractivity contribution in [3.8, 4) is 0 Å². The minimum Gasteiger partial charge on any atom is -0.478 e. The molecule has 0 aliphatic heterocycles. The maximum absolute atomic E-state index is 11.4. The minimum atomic E-state index is -0.970. The van der Waals surface area contributed by atoms with Gasteiger partial charge >= 0.3 is 5.97 Å². The van der Waals surface area contributed by atoms with Crippen LogP contribution < -0.4 is 0 Å². The standard InChI is InChI=1S/C16H13ClO2/c1-11-5-7-12(8-6-11)9-15(16(18)19)13-3-2-4-14(17)10-13/h2-10H,1H3,(H,18,19)/b15-9+. The number of rotatable bonds is 3. The Balaban J connectivity index is 2.46. The summed E-state index contributed by atoms with van der Waals surface area (Å²) >= 11 is 5.90. The molecule has 0 atom stereocenters. The highest BCUT2D eigenvalue weighted by Gasteiger charge is 2.10. The van der Waals surface area contributed by atoms with E-state index in [9.17, 15) is 9.90 Å². The van der Waals surface area contributed by atoms with Gasteiger partial charge in [0.1, 0.15) is 0 Å². The van der Waals surface area contributed by atoms with E-state index in [2.05, 4.69) is 0 Å². The Bertz CT molecular complexity index is 627. The molecule has 2 aromatic carbocycles. The van der Waals surface area contributed by atoms with Gasteiger partial charge in [-0.25, -0.2) is 4.79 Å². The molecule has 96 valence electrons. The van der Waals surface area contributed by atoms with Gasteiger partial charge in [-0.2, -0.15) is 0 Å². The predicted octanol–water partition coefficient (Wildman–Crippen LogP) is 4.27. The maximum atomic E-state index is 11.4. The predicted molar refractivity (Wildman–Crippen MR) is 78.1 cm³/mol. The van der Waals surface area contributed by atoms with E-state index in [1.807, 2.05) is 31.2 Å². The van der Waals surface area contributed by atoms with Gasteiger partial charge in [0.2, 0.25) is 0 Å². The third kappa shape index (κ3) is 3.46. The second-order valence-corrected chi connectivity index (χ2v) is 4.72. The molecule has 3 heteroatoms. The van der Waals surface area contributed by atoms with Crippen LogP contribution in [-0.2, 0) is 4.79 Å². The smallest absolute Gasteiger partial charge is 0.336 e. The van der Waals surface area contributed by atoms with Crippen LogP contribution in [-0.4, -0.2) is 11.1 Å². The van der Waals surface area contributed by atoms with Gasteiger partial charge in [0, 0.05) is 5.02 Å². The largest absolute Gasteiger partial charge is 0.478 e. The molecule has 1 N–H and O–H groups in total. The van der Waals surface area contributed by atoms with Crippen molar-refractivity contribution in [1.29, 1.82) is 0 Å². The zero-order chi connectivity index (χ0) is 13.8. The zero-order valence-corrected chi connectivity index (χ0v) is 11.2. The van der Waals surface area contributed by atoms with Crippen molar-refractivity contribution in [3.05, 3.63) is 70.2 Å². The van der Waals surface area contributed by atoms with Crippen LogP contribution in [0.4, 0.5) is 0 Å². The Morgan fingerprint density at radius 1 is 1.16 bits per heavy atom.